The van der Waals surface area contributed by atoms with Crippen molar-refractivity contribution in [2.45, 2.75) is 0 Å². The van der Waals surface area contributed by atoms with Gasteiger partial charge in [-0.25, -0.2) is 0 Å². The van der Waals surface area contributed by atoms with Crippen LogP contribution in [0.15, 0.2) is 23.0 Å². The summed E-state index contributed by atoms with van der Waals surface area (Å²) in [6, 6.07) is 1.82. The Hall–Kier alpha value is -2.22. The summed E-state index contributed by atoms with van der Waals surface area (Å²) in [5.74, 6) is -0.124. The van der Waals surface area contributed by atoms with Gasteiger partial charge in [-0.2, -0.15) is 26.7 Å². The molecule has 8 heteroatoms. The molecule has 104 valence electrons. The van der Waals surface area contributed by atoms with Crippen LogP contribution in [0.25, 0.3) is 0 Å². The van der Waals surface area contributed by atoms with Crippen LogP contribution < -0.4 is 0 Å². The van der Waals surface area contributed by atoms with E-state index < -0.39 is 0 Å². The molecule has 2 aromatic rings. The van der Waals surface area contributed by atoms with Gasteiger partial charge in [-0.05, 0) is 11.4 Å². The van der Waals surface area contributed by atoms with Crippen molar-refractivity contribution in [1.82, 2.24) is 25.2 Å². The SMILES string of the molecule is O=C(c1ccsc1)N1CCN(C(=O)c2cn[nH]n2)CC1. The molecule has 20 heavy (non-hydrogen) atoms. The number of hydrogen-bond acceptors (Lipinski definition) is 5. The molecule has 2 aromatic heterocycles. The number of nitrogens with one attached hydrogen (secondary N) is 1. The van der Waals surface area contributed by atoms with Crippen molar-refractivity contribution in [2.75, 3.05) is 26.2 Å². The van der Waals surface area contributed by atoms with Gasteiger partial charge in [0.05, 0.1) is 11.8 Å². The Morgan fingerprint density at radius 2 is 1.85 bits per heavy atom. The van der Waals surface area contributed by atoms with Crippen molar-refractivity contribution in [3.8, 4) is 0 Å². The number of hydrogen-bond donors (Lipinski definition) is 1. The van der Waals surface area contributed by atoms with Crippen molar-refractivity contribution in [2.24, 2.45) is 0 Å². The van der Waals surface area contributed by atoms with Gasteiger partial charge < -0.3 is 9.80 Å². The lowest BCUT2D eigenvalue weighted by molar-refractivity contribution is 0.0532. The minimum Gasteiger partial charge on any atom is -0.335 e. The van der Waals surface area contributed by atoms with Crippen LogP contribution in [-0.2, 0) is 0 Å². The van der Waals surface area contributed by atoms with E-state index in [1.807, 2.05) is 16.8 Å². The standard InChI is InChI=1S/C12H13N5O2S/c18-11(9-1-6-20-8-9)16-2-4-17(5-3-16)12(19)10-7-13-15-14-10/h1,6-8H,2-5H2,(H,13,14,15). The lowest BCUT2D eigenvalue weighted by Crippen LogP contribution is -2.50. The van der Waals surface area contributed by atoms with E-state index in [4.69, 9.17) is 0 Å². The van der Waals surface area contributed by atoms with Crippen LogP contribution >= 0.6 is 11.3 Å². The van der Waals surface area contributed by atoms with Gasteiger partial charge in [-0.1, -0.05) is 0 Å². The van der Waals surface area contributed by atoms with E-state index in [-0.39, 0.29) is 11.8 Å². The highest BCUT2D eigenvalue weighted by Gasteiger charge is 2.26. The molecule has 0 aliphatic carbocycles. The molecule has 1 aliphatic rings. The first kappa shape index (κ1) is 12.8. The van der Waals surface area contributed by atoms with Gasteiger partial charge in [0, 0.05) is 31.6 Å². The molecule has 1 aliphatic heterocycles. The monoisotopic (exact) mass is 291 g/mol. The highest BCUT2D eigenvalue weighted by molar-refractivity contribution is 7.08. The number of nitrogens with zero attached hydrogens (tertiary/aromatic N) is 4. The Balaban J connectivity index is 1.60. The first-order valence-corrected chi connectivity index (χ1v) is 7.16. The van der Waals surface area contributed by atoms with E-state index in [1.165, 1.54) is 17.5 Å². The molecule has 3 rings (SSSR count). The van der Waals surface area contributed by atoms with Gasteiger partial charge in [0.15, 0.2) is 5.69 Å². The fourth-order valence-electron chi connectivity index (χ4n) is 2.15. The molecule has 0 aromatic carbocycles. The van der Waals surface area contributed by atoms with Gasteiger partial charge in [0.25, 0.3) is 11.8 Å². The van der Waals surface area contributed by atoms with Crippen LogP contribution in [0.5, 0.6) is 0 Å². The third kappa shape index (κ3) is 2.42. The van der Waals surface area contributed by atoms with Crippen LogP contribution in [-0.4, -0.2) is 63.2 Å². The number of thiophene rings is 1. The third-order valence-corrected chi connectivity index (χ3v) is 3.94. The van der Waals surface area contributed by atoms with E-state index >= 15 is 0 Å². The average molecular weight is 291 g/mol. The van der Waals surface area contributed by atoms with Crippen molar-refractivity contribution in [3.63, 3.8) is 0 Å². The van der Waals surface area contributed by atoms with Gasteiger partial charge in [0.2, 0.25) is 0 Å². The van der Waals surface area contributed by atoms with Crippen molar-refractivity contribution < 1.29 is 9.59 Å². The normalized spacial score (nSPS) is 15.4. The minimum atomic E-state index is -0.151. The number of aromatic amines is 1. The topological polar surface area (TPSA) is 82.2 Å². The number of amides is 2. The number of carbonyl (C=O) groups excluding carboxylic acids is 2. The number of aromatic nitrogens is 3. The Bertz CT molecular complexity index is 533. The highest BCUT2D eigenvalue weighted by Crippen LogP contribution is 2.12. The van der Waals surface area contributed by atoms with Gasteiger partial charge in [-0.3, -0.25) is 9.59 Å². The van der Waals surface area contributed by atoms with E-state index in [1.54, 1.807) is 9.80 Å². The Morgan fingerprint density at radius 3 is 2.40 bits per heavy atom. The molecule has 1 fully saturated rings. The fraction of sp³-hybridized carbons (Fsp3) is 0.333. The zero-order valence-corrected chi connectivity index (χ0v) is 11.5. The quantitative estimate of drug-likeness (QED) is 0.871. The second kappa shape index (κ2) is 5.41. The number of carbonyl (C=O) groups is 2. The first-order valence-electron chi connectivity index (χ1n) is 6.22. The van der Waals surface area contributed by atoms with Crippen LogP contribution in [0.3, 0.4) is 0 Å². The van der Waals surface area contributed by atoms with Crippen LogP contribution in [0.4, 0.5) is 0 Å². The minimum absolute atomic E-state index is 0.0276. The number of rotatable bonds is 2. The molecule has 1 N–H and O–H groups in total. The molecule has 0 saturated carbocycles. The Kier molecular flexibility index (Phi) is 3.46. The van der Waals surface area contributed by atoms with Crippen LogP contribution in [0.1, 0.15) is 20.8 Å². The van der Waals surface area contributed by atoms with E-state index in [2.05, 4.69) is 15.4 Å². The number of H-pyrrole nitrogens is 1. The third-order valence-electron chi connectivity index (χ3n) is 3.26. The van der Waals surface area contributed by atoms with E-state index in [9.17, 15) is 9.59 Å². The van der Waals surface area contributed by atoms with Gasteiger partial charge in [-0.15, -0.1) is 0 Å². The predicted molar refractivity (Wildman–Crippen MR) is 72.5 cm³/mol. The maximum atomic E-state index is 12.2. The smallest absolute Gasteiger partial charge is 0.276 e. The Labute approximate surface area is 119 Å². The lowest BCUT2D eigenvalue weighted by Gasteiger charge is -2.34. The van der Waals surface area contributed by atoms with E-state index in [0.29, 0.717) is 37.4 Å². The summed E-state index contributed by atoms with van der Waals surface area (Å²) in [6.07, 6.45) is 1.41. The zero-order valence-electron chi connectivity index (χ0n) is 10.7. The molecular formula is C12H13N5O2S. The second-order valence-corrected chi connectivity index (χ2v) is 5.23. The summed E-state index contributed by atoms with van der Waals surface area (Å²) in [6.45, 7) is 2.11. The summed E-state index contributed by atoms with van der Waals surface area (Å²) in [5.41, 5.74) is 1.02. The fourth-order valence-corrected chi connectivity index (χ4v) is 2.78. The van der Waals surface area contributed by atoms with Gasteiger partial charge in [0.1, 0.15) is 0 Å². The van der Waals surface area contributed by atoms with Crippen LogP contribution in [0.2, 0.25) is 0 Å². The molecule has 1 saturated heterocycles. The molecule has 0 atom stereocenters. The molecular weight excluding hydrogens is 278 g/mol. The molecule has 3 heterocycles. The molecule has 7 nitrogen and oxygen atoms in total. The van der Waals surface area contributed by atoms with Crippen molar-refractivity contribution in [3.05, 3.63) is 34.3 Å². The summed E-state index contributed by atoms with van der Waals surface area (Å²) >= 11 is 1.50. The molecule has 0 radical (unpaired) electrons. The second-order valence-electron chi connectivity index (χ2n) is 4.45. The summed E-state index contributed by atoms with van der Waals surface area (Å²) in [4.78, 5) is 27.7. The highest BCUT2D eigenvalue weighted by atomic mass is 32.1. The summed E-state index contributed by atoms with van der Waals surface area (Å²) < 4.78 is 0. The maximum Gasteiger partial charge on any atom is 0.276 e. The maximum absolute atomic E-state index is 12.2. The molecule has 2 amide bonds. The largest absolute Gasteiger partial charge is 0.335 e. The predicted octanol–water partition coefficient (Wildman–Crippen LogP) is 0.464. The van der Waals surface area contributed by atoms with Crippen LogP contribution in [0, 0.1) is 0 Å². The number of piperazine rings is 1. The van der Waals surface area contributed by atoms with Crippen molar-refractivity contribution >= 4 is 23.2 Å². The Morgan fingerprint density at radius 1 is 1.15 bits per heavy atom. The zero-order chi connectivity index (χ0) is 13.9. The first-order chi connectivity index (χ1) is 9.75. The van der Waals surface area contributed by atoms with E-state index in [0.717, 1.165) is 0 Å². The van der Waals surface area contributed by atoms with Crippen molar-refractivity contribution in [1.29, 1.82) is 0 Å². The summed E-state index contributed by atoms with van der Waals surface area (Å²) in [5, 5.41) is 13.6. The average Bonchev–Trinajstić information content (AvgIpc) is 3.18. The van der Waals surface area contributed by atoms with Gasteiger partial charge >= 0.3 is 0 Å². The molecule has 0 bridgehead atoms. The molecule has 0 unspecified atom stereocenters. The molecule has 0 spiro atoms. The summed E-state index contributed by atoms with van der Waals surface area (Å²) in [7, 11) is 0. The lowest BCUT2D eigenvalue weighted by atomic mass is 10.2.